The van der Waals surface area contributed by atoms with Gasteiger partial charge in [0.25, 0.3) is 5.91 Å². The van der Waals surface area contributed by atoms with Gasteiger partial charge in [0, 0.05) is 11.4 Å². The van der Waals surface area contributed by atoms with Gasteiger partial charge in [-0.1, -0.05) is 72.3 Å². The maximum Gasteiger partial charge on any atom is 0.297 e. The van der Waals surface area contributed by atoms with Crippen molar-refractivity contribution in [3.05, 3.63) is 116 Å². The van der Waals surface area contributed by atoms with Gasteiger partial charge in [0.1, 0.15) is 22.9 Å². The van der Waals surface area contributed by atoms with Gasteiger partial charge in [0.05, 0.1) is 17.0 Å². The number of aromatic nitrogens is 2. The molecular weight excluding hydrogens is 522 g/mol. The molecule has 7 nitrogen and oxygen atoms in total. The van der Waals surface area contributed by atoms with Crippen LogP contribution in [0.15, 0.2) is 82.0 Å². The van der Waals surface area contributed by atoms with E-state index < -0.39 is 11.9 Å². The number of anilines is 1. The lowest BCUT2D eigenvalue weighted by Gasteiger charge is -2.22. The van der Waals surface area contributed by atoms with E-state index in [0.29, 0.717) is 39.0 Å². The minimum Gasteiger partial charge on any atom is -0.489 e. The number of rotatable bonds is 7. The summed E-state index contributed by atoms with van der Waals surface area (Å²) in [4.78, 5) is 29.1. The number of hydrogen-bond donors (Lipinski definition) is 0. The molecule has 0 saturated heterocycles. The summed E-state index contributed by atoms with van der Waals surface area (Å²) in [5, 5.41) is 10.5. The minimum absolute atomic E-state index is 0.00216. The van der Waals surface area contributed by atoms with Crippen LogP contribution >= 0.6 is 22.9 Å². The number of amides is 1. The first kappa shape index (κ1) is 24.3. The first-order valence-electron chi connectivity index (χ1n) is 12.2. The topological polar surface area (TPSA) is 85.5 Å². The first-order valence-corrected chi connectivity index (χ1v) is 13.4. The van der Waals surface area contributed by atoms with E-state index in [4.69, 9.17) is 20.8 Å². The van der Waals surface area contributed by atoms with E-state index in [2.05, 4.69) is 17.1 Å². The van der Waals surface area contributed by atoms with Crippen molar-refractivity contribution in [1.29, 1.82) is 0 Å². The Labute approximate surface area is 227 Å². The van der Waals surface area contributed by atoms with Crippen LogP contribution in [-0.2, 0) is 13.0 Å². The van der Waals surface area contributed by atoms with Crippen molar-refractivity contribution in [2.75, 3.05) is 4.90 Å². The van der Waals surface area contributed by atoms with Crippen LogP contribution in [0.5, 0.6) is 5.75 Å². The van der Waals surface area contributed by atoms with Gasteiger partial charge in [0.2, 0.25) is 10.9 Å². The number of nitrogens with zero attached hydrogens (tertiary/aromatic N) is 3. The second kappa shape index (κ2) is 10.0. The van der Waals surface area contributed by atoms with E-state index in [9.17, 15) is 9.59 Å². The number of aryl methyl sites for hydroxylation is 1. The fourth-order valence-electron chi connectivity index (χ4n) is 4.63. The molecule has 0 bridgehead atoms. The fourth-order valence-corrected chi connectivity index (χ4v) is 5.77. The quantitative estimate of drug-likeness (QED) is 0.230. The molecule has 1 atom stereocenters. The van der Waals surface area contributed by atoms with Crippen molar-refractivity contribution in [2.45, 2.75) is 32.4 Å². The second-order valence-corrected chi connectivity index (χ2v) is 10.4. The molecule has 1 aliphatic rings. The molecule has 0 aliphatic carbocycles. The highest BCUT2D eigenvalue weighted by Crippen LogP contribution is 2.43. The van der Waals surface area contributed by atoms with Crippen LogP contribution in [0.1, 0.15) is 51.6 Å². The Morgan fingerprint density at radius 2 is 1.87 bits per heavy atom. The normalized spacial score (nSPS) is 14.7. The lowest BCUT2D eigenvalue weighted by molar-refractivity contribution is 0.0970. The third-order valence-electron chi connectivity index (χ3n) is 6.38. The van der Waals surface area contributed by atoms with Crippen LogP contribution in [0, 0.1) is 0 Å². The highest BCUT2D eigenvalue weighted by atomic mass is 35.5. The summed E-state index contributed by atoms with van der Waals surface area (Å²) in [5.74, 6) is 0.177. The molecule has 0 saturated carbocycles. The number of carbonyl (C=O) groups excluding carboxylic acids is 1. The van der Waals surface area contributed by atoms with E-state index in [0.717, 1.165) is 23.4 Å². The zero-order valence-corrected chi connectivity index (χ0v) is 22.0. The summed E-state index contributed by atoms with van der Waals surface area (Å²) < 4.78 is 12.1. The Morgan fingerprint density at radius 3 is 2.68 bits per heavy atom. The van der Waals surface area contributed by atoms with Crippen LogP contribution in [-0.4, -0.2) is 16.1 Å². The van der Waals surface area contributed by atoms with Crippen LogP contribution in [0.25, 0.3) is 11.0 Å². The Balaban J connectivity index is 1.48. The van der Waals surface area contributed by atoms with Gasteiger partial charge in [-0.25, -0.2) is 0 Å². The fraction of sp³-hybridized carbons (Fsp3) is 0.172. The smallest absolute Gasteiger partial charge is 0.297 e. The first-order chi connectivity index (χ1) is 18.5. The second-order valence-electron chi connectivity index (χ2n) is 8.97. The lowest BCUT2D eigenvalue weighted by Crippen LogP contribution is -2.29. The SMILES string of the molecule is CCCc1nnc(N2C(=O)c3oc4ccc(Cl)cc4c(=O)c3C2c2cccc(OCc3ccccc3)c2)s1. The molecule has 5 aromatic rings. The Bertz CT molecular complexity index is 1720. The predicted molar refractivity (Wildman–Crippen MR) is 147 cm³/mol. The molecule has 0 N–H and O–H groups in total. The van der Waals surface area contributed by atoms with Gasteiger partial charge in [-0.15, -0.1) is 10.2 Å². The van der Waals surface area contributed by atoms with Gasteiger partial charge in [-0.05, 0) is 47.9 Å². The van der Waals surface area contributed by atoms with Gasteiger partial charge in [-0.3, -0.25) is 14.5 Å². The van der Waals surface area contributed by atoms with Gasteiger partial charge >= 0.3 is 0 Å². The van der Waals surface area contributed by atoms with Crippen molar-refractivity contribution < 1.29 is 13.9 Å². The van der Waals surface area contributed by atoms with Gasteiger partial charge < -0.3 is 9.15 Å². The summed E-state index contributed by atoms with van der Waals surface area (Å²) >= 11 is 7.53. The molecule has 6 rings (SSSR count). The van der Waals surface area contributed by atoms with Crippen molar-refractivity contribution >= 4 is 44.9 Å². The zero-order chi connectivity index (χ0) is 26.2. The Hall–Kier alpha value is -4.01. The molecular formula is C29H22ClN3O4S. The molecule has 0 fully saturated rings. The third kappa shape index (κ3) is 4.36. The zero-order valence-electron chi connectivity index (χ0n) is 20.4. The lowest BCUT2D eigenvalue weighted by atomic mass is 9.98. The summed E-state index contributed by atoms with van der Waals surface area (Å²) in [6.07, 6.45) is 1.65. The third-order valence-corrected chi connectivity index (χ3v) is 7.60. The average Bonchev–Trinajstić information content (AvgIpc) is 3.51. The molecule has 3 aromatic carbocycles. The van der Waals surface area contributed by atoms with Crippen molar-refractivity contribution in [3.63, 3.8) is 0 Å². The number of fused-ring (bicyclic) bond motifs is 2. The largest absolute Gasteiger partial charge is 0.489 e. The molecule has 38 heavy (non-hydrogen) atoms. The van der Waals surface area contributed by atoms with Gasteiger partial charge in [-0.2, -0.15) is 0 Å². The average molecular weight is 544 g/mol. The van der Waals surface area contributed by atoms with Gasteiger partial charge in [0.15, 0.2) is 5.43 Å². The monoisotopic (exact) mass is 543 g/mol. The molecule has 0 radical (unpaired) electrons. The van der Waals surface area contributed by atoms with E-state index in [1.165, 1.54) is 16.2 Å². The van der Waals surface area contributed by atoms with Crippen molar-refractivity contribution in [3.8, 4) is 5.75 Å². The standard InChI is InChI=1S/C29H22ClN3O4S/c1-2-7-23-31-32-29(38-23)33-25(18-10-6-11-20(14-18)36-16-17-8-4-3-5-9-17)24-26(34)21-15-19(30)12-13-22(21)37-27(24)28(33)35/h3-6,8-15,25H,2,7,16H2,1H3. The summed E-state index contributed by atoms with van der Waals surface area (Å²) in [7, 11) is 0. The predicted octanol–water partition coefficient (Wildman–Crippen LogP) is 6.58. The van der Waals surface area contributed by atoms with Crippen LogP contribution < -0.4 is 15.1 Å². The van der Waals surface area contributed by atoms with Crippen molar-refractivity contribution in [2.24, 2.45) is 0 Å². The van der Waals surface area contributed by atoms with E-state index >= 15 is 0 Å². The summed E-state index contributed by atoms with van der Waals surface area (Å²) in [6.45, 7) is 2.44. The number of hydrogen-bond acceptors (Lipinski definition) is 7. The maximum absolute atomic E-state index is 13.8. The molecule has 1 amide bonds. The molecule has 1 aliphatic heterocycles. The molecule has 0 spiro atoms. The Morgan fingerprint density at radius 1 is 1.03 bits per heavy atom. The Kier molecular flexibility index (Phi) is 6.43. The molecule has 9 heteroatoms. The highest BCUT2D eigenvalue weighted by molar-refractivity contribution is 7.15. The number of halogens is 1. The number of carbonyl (C=O) groups is 1. The molecule has 190 valence electrons. The minimum atomic E-state index is -0.764. The van der Waals surface area contributed by atoms with Crippen LogP contribution in [0.2, 0.25) is 5.02 Å². The molecule has 1 unspecified atom stereocenters. The summed E-state index contributed by atoms with van der Waals surface area (Å²) in [6, 6.07) is 21.3. The van der Waals surface area contributed by atoms with Crippen LogP contribution in [0.4, 0.5) is 5.13 Å². The van der Waals surface area contributed by atoms with E-state index in [-0.39, 0.29) is 16.8 Å². The highest BCUT2D eigenvalue weighted by Gasteiger charge is 2.45. The van der Waals surface area contributed by atoms with E-state index in [1.54, 1.807) is 18.2 Å². The maximum atomic E-state index is 13.8. The number of benzene rings is 3. The van der Waals surface area contributed by atoms with Crippen molar-refractivity contribution in [1.82, 2.24) is 10.2 Å². The molecule has 3 heterocycles. The molecule has 2 aromatic heterocycles. The van der Waals surface area contributed by atoms with Crippen LogP contribution in [0.3, 0.4) is 0 Å². The number of ether oxygens (including phenoxy) is 1. The van der Waals surface area contributed by atoms with E-state index in [1.807, 2.05) is 54.6 Å². The summed E-state index contributed by atoms with van der Waals surface area (Å²) in [5.41, 5.74) is 1.97.